The molecule has 0 atom stereocenters. The largest absolute Gasteiger partial charge is 0.497 e. The second-order valence-corrected chi connectivity index (χ2v) is 9.36. The molecule has 0 aliphatic carbocycles. The van der Waals surface area contributed by atoms with Gasteiger partial charge in [-0.2, -0.15) is 4.31 Å². The maximum Gasteiger partial charge on any atom is 0.246 e. The summed E-state index contributed by atoms with van der Waals surface area (Å²) in [4.78, 5) is 17.2. The first-order chi connectivity index (χ1) is 13.9. The van der Waals surface area contributed by atoms with Gasteiger partial charge in [0.25, 0.3) is 0 Å². The smallest absolute Gasteiger partial charge is 0.246 e. The molecule has 0 unspecified atom stereocenters. The number of carbonyl (C=O) groups is 1. The Morgan fingerprint density at radius 1 is 1.03 bits per heavy atom. The summed E-state index contributed by atoms with van der Waals surface area (Å²) in [6.45, 7) is 7.12. The van der Waals surface area contributed by atoms with Crippen molar-refractivity contribution < 1.29 is 22.7 Å². The molecule has 0 spiro atoms. The van der Waals surface area contributed by atoms with Crippen LogP contribution in [-0.4, -0.2) is 88.5 Å². The molecule has 9 heteroatoms. The van der Waals surface area contributed by atoms with E-state index in [9.17, 15) is 13.2 Å². The van der Waals surface area contributed by atoms with Gasteiger partial charge in [0, 0.05) is 51.3 Å². The molecule has 0 radical (unpaired) electrons. The van der Waals surface area contributed by atoms with Gasteiger partial charge in [-0.05, 0) is 31.5 Å². The highest BCUT2D eigenvalue weighted by Crippen LogP contribution is 2.33. The lowest BCUT2D eigenvalue weighted by molar-refractivity contribution is -0.138. The number of sulfonamides is 1. The predicted octanol–water partition coefficient (Wildman–Crippen LogP) is 1.27. The maximum absolute atomic E-state index is 13.2. The first kappa shape index (κ1) is 21.9. The number of benzene rings is 1. The molecule has 2 saturated heterocycles. The van der Waals surface area contributed by atoms with E-state index < -0.39 is 10.0 Å². The van der Waals surface area contributed by atoms with Gasteiger partial charge in [0.2, 0.25) is 15.9 Å². The van der Waals surface area contributed by atoms with Crippen LogP contribution in [0.5, 0.6) is 11.5 Å². The quantitative estimate of drug-likeness (QED) is 0.683. The monoisotopic (exact) mass is 425 g/mol. The number of hydrogen-bond acceptors (Lipinski definition) is 6. The third-order valence-electron chi connectivity index (χ3n) is 5.92. The number of piperidine rings is 1. The Hall–Kier alpha value is -1.84. The number of likely N-dealkylation sites (N-methyl/N-ethyl adjacent to an activating group) is 1. The van der Waals surface area contributed by atoms with Crippen LogP contribution in [0.15, 0.2) is 23.1 Å². The van der Waals surface area contributed by atoms with E-state index >= 15 is 0 Å². The zero-order chi connectivity index (χ0) is 21.0. The number of nitrogens with zero attached hydrogens (tertiary/aromatic N) is 3. The van der Waals surface area contributed by atoms with Gasteiger partial charge in [-0.1, -0.05) is 6.92 Å². The van der Waals surface area contributed by atoms with Crippen LogP contribution < -0.4 is 9.47 Å². The van der Waals surface area contributed by atoms with E-state index in [2.05, 4.69) is 11.8 Å². The topological polar surface area (TPSA) is 79.4 Å². The zero-order valence-electron chi connectivity index (χ0n) is 17.5. The average Bonchev–Trinajstić information content (AvgIpc) is 2.78. The molecule has 2 fully saturated rings. The Kier molecular flexibility index (Phi) is 7.02. The van der Waals surface area contributed by atoms with E-state index in [1.54, 1.807) is 12.1 Å². The molecule has 29 heavy (non-hydrogen) atoms. The van der Waals surface area contributed by atoms with Crippen molar-refractivity contribution in [2.24, 2.45) is 5.92 Å². The first-order valence-corrected chi connectivity index (χ1v) is 11.6. The lowest BCUT2D eigenvalue weighted by atomic mass is 9.96. The highest BCUT2D eigenvalue weighted by Gasteiger charge is 2.35. The molecule has 1 amide bonds. The SMILES string of the molecule is CCN1CCN(C(=O)C2CCN(S(=O)(=O)c3cc(OC)ccc3OC)CC2)CC1. The normalized spacial score (nSPS) is 19.9. The van der Waals surface area contributed by atoms with Crippen LogP contribution in [0.3, 0.4) is 0 Å². The van der Waals surface area contributed by atoms with E-state index in [0.29, 0.717) is 31.7 Å². The molecule has 2 aliphatic rings. The number of hydrogen-bond donors (Lipinski definition) is 0. The first-order valence-electron chi connectivity index (χ1n) is 10.1. The Morgan fingerprint density at radius 2 is 1.69 bits per heavy atom. The van der Waals surface area contributed by atoms with Crippen LogP contribution >= 0.6 is 0 Å². The van der Waals surface area contributed by atoms with Crippen molar-refractivity contribution in [3.05, 3.63) is 18.2 Å². The third kappa shape index (κ3) is 4.67. The fourth-order valence-corrected chi connectivity index (χ4v) is 5.65. The summed E-state index contributed by atoms with van der Waals surface area (Å²) in [6, 6.07) is 4.75. The molecule has 0 aromatic heterocycles. The summed E-state index contributed by atoms with van der Waals surface area (Å²) in [5.41, 5.74) is 0. The highest BCUT2D eigenvalue weighted by molar-refractivity contribution is 7.89. The summed E-state index contributed by atoms with van der Waals surface area (Å²) in [6.07, 6.45) is 1.08. The van der Waals surface area contributed by atoms with Crippen LogP contribution in [0.2, 0.25) is 0 Å². The minimum Gasteiger partial charge on any atom is -0.497 e. The summed E-state index contributed by atoms with van der Waals surface area (Å²) < 4.78 is 38.2. The molecule has 2 heterocycles. The van der Waals surface area contributed by atoms with Gasteiger partial charge in [-0.25, -0.2) is 8.42 Å². The molecule has 3 rings (SSSR count). The second-order valence-electron chi connectivity index (χ2n) is 7.45. The van der Waals surface area contributed by atoms with Crippen molar-refractivity contribution in [2.45, 2.75) is 24.7 Å². The van der Waals surface area contributed by atoms with E-state index in [0.717, 1.165) is 32.7 Å². The molecule has 0 bridgehead atoms. The van der Waals surface area contributed by atoms with Crippen molar-refractivity contribution in [1.29, 1.82) is 0 Å². The molecule has 0 saturated carbocycles. The van der Waals surface area contributed by atoms with E-state index in [4.69, 9.17) is 9.47 Å². The number of rotatable bonds is 6. The predicted molar refractivity (Wildman–Crippen MR) is 110 cm³/mol. The third-order valence-corrected chi connectivity index (χ3v) is 7.84. The van der Waals surface area contributed by atoms with Gasteiger partial charge in [0.15, 0.2) is 0 Å². The number of ether oxygens (including phenoxy) is 2. The van der Waals surface area contributed by atoms with E-state index in [-0.39, 0.29) is 22.5 Å². The van der Waals surface area contributed by atoms with Crippen LogP contribution in [0.4, 0.5) is 0 Å². The van der Waals surface area contributed by atoms with Gasteiger partial charge < -0.3 is 19.3 Å². The second kappa shape index (κ2) is 9.32. The van der Waals surface area contributed by atoms with Gasteiger partial charge in [0.1, 0.15) is 16.4 Å². The summed E-state index contributed by atoms with van der Waals surface area (Å²) in [5.74, 6) is 0.803. The lowest BCUT2D eigenvalue weighted by Gasteiger charge is -2.38. The Balaban J connectivity index is 1.65. The number of carbonyl (C=O) groups excluding carboxylic acids is 1. The highest BCUT2D eigenvalue weighted by atomic mass is 32.2. The van der Waals surface area contributed by atoms with Crippen molar-refractivity contribution in [2.75, 3.05) is 60.0 Å². The van der Waals surface area contributed by atoms with Crippen molar-refractivity contribution in [1.82, 2.24) is 14.1 Å². The molecule has 0 N–H and O–H groups in total. The number of piperazine rings is 1. The van der Waals surface area contributed by atoms with Gasteiger partial charge in [-0.15, -0.1) is 0 Å². The van der Waals surface area contributed by atoms with Crippen LogP contribution in [0.25, 0.3) is 0 Å². The number of amides is 1. The fourth-order valence-electron chi connectivity index (χ4n) is 4.01. The summed E-state index contributed by atoms with van der Waals surface area (Å²) >= 11 is 0. The molecule has 1 aromatic rings. The average molecular weight is 426 g/mol. The standard InChI is InChI=1S/C20H31N3O5S/c1-4-21-11-13-22(14-12-21)20(24)16-7-9-23(10-8-16)29(25,26)19-15-17(27-2)5-6-18(19)28-3/h5-6,15-16H,4,7-14H2,1-3H3. The fraction of sp³-hybridized carbons (Fsp3) is 0.650. The van der Waals surface area contributed by atoms with Gasteiger partial charge in [-0.3, -0.25) is 4.79 Å². The van der Waals surface area contributed by atoms with Crippen molar-refractivity contribution >= 4 is 15.9 Å². The molecule has 8 nitrogen and oxygen atoms in total. The molecular weight excluding hydrogens is 394 g/mol. The van der Waals surface area contributed by atoms with Crippen LogP contribution in [0, 0.1) is 5.92 Å². The van der Waals surface area contributed by atoms with E-state index in [1.807, 2.05) is 4.90 Å². The molecule has 162 valence electrons. The number of methoxy groups -OCH3 is 2. The van der Waals surface area contributed by atoms with E-state index in [1.165, 1.54) is 24.6 Å². The van der Waals surface area contributed by atoms with Crippen molar-refractivity contribution in [3.63, 3.8) is 0 Å². The molecule has 1 aromatic carbocycles. The zero-order valence-corrected chi connectivity index (χ0v) is 18.3. The van der Waals surface area contributed by atoms with Crippen molar-refractivity contribution in [3.8, 4) is 11.5 Å². The maximum atomic E-state index is 13.2. The minimum absolute atomic E-state index is 0.0971. The lowest BCUT2D eigenvalue weighted by Crippen LogP contribution is -2.51. The Morgan fingerprint density at radius 3 is 2.24 bits per heavy atom. The Labute approximate surface area is 173 Å². The molecule has 2 aliphatic heterocycles. The minimum atomic E-state index is -3.73. The van der Waals surface area contributed by atoms with Gasteiger partial charge >= 0.3 is 0 Å². The van der Waals surface area contributed by atoms with Crippen LogP contribution in [-0.2, 0) is 14.8 Å². The van der Waals surface area contributed by atoms with Gasteiger partial charge in [0.05, 0.1) is 14.2 Å². The Bertz CT molecular complexity index is 813. The summed E-state index contributed by atoms with van der Waals surface area (Å²) in [7, 11) is -0.781. The van der Waals surface area contributed by atoms with Crippen LogP contribution in [0.1, 0.15) is 19.8 Å². The summed E-state index contributed by atoms with van der Waals surface area (Å²) in [5, 5.41) is 0. The molecular formula is C20H31N3O5S.